The average molecular weight is 324 g/mol. The van der Waals surface area contributed by atoms with E-state index < -0.39 is 35.9 Å². The zero-order valence-electron chi connectivity index (χ0n) is 11.7. The summed E-state index contributed by atoms with van der Waals surface area (Å²) in [5, 5.41) is 12.4. The molecule has 0 saturated carbocycles. The highest BCUT2D eigenvalue weighted by atomic mass is 35.5. The second-order valence-electron chi connectivity index (χ2n) is 5.18. The summed E-state index contributed by atoms with van der Waals surface area (Å²) in [6.07, 6.45) is 2.38. The molecule has 1 saturated heterocycles. The van der Waals surface area contributed by atoms with Gasteiger partial charge in [-0.05, 0) is 18.2 Å². The smallest absolute Gasteiger partial charge is 0.310 e. The van der Waals surface area contributed by atoms with Gasteiger partial charge in [0.05, 0.1) is 30.3 Å². The van der Waals surface area contributed by atoms with Gasteiger partial charge < -0.3 is 19.9 Å². The molecule has 1 amide bonds. The summed E-state index contributed by atoms with van der Waals surface area (Å²) in [5.41, 5.74) is 0.478. The van der Waals surface area contributed by atoms with Crippen molar-refractivity contribution in [3.63, 3.8) is 0 Å². The van der Waals surface area contributed by atoms with E-state index in [9.17, 15) is 14.7 Å². The molecule has 2 bridgehead atoms. The molecule has 2 aliphatic rings. The Balaban J connectivity index is 1.78. The van der Waals surface area contributed by atoms with E-state index in [0.29, 0.717) is 16.5 Å². The van der Waals surface area contributed by atoms with E-state index in [-0.39, 0.29) is 0 Å². The maximum atomic E-state index is 12.4. The number of methoxy groups -OCH3 is 1. The first-order valence-electron chi connectivity index (χ1n) is 6.72. The fourth-order valence-electron chi connectivity index (χ4n) is 2.88. The number of carbonyl (C=O) groups is 2. The highest BCUT2D eigenvalue weighted by Gasteiger charge is 2.53. The van der Waals surface area contributed by atoms with Crippen molar-refractivity contribution < 1.29 is 24.2 Å². The lowest BCUT2D eigenvalue weighted by molar-refractivity contribution is -0.145. The Morgan fingerprint density at radius 2 is 1.95 bits per heavy atom. The molecule has 1 aromatic carbocycles. The Hall–Kier alpha value is -2.05. The molecular formula is C15H14ClNO5. The zero-order valence-corrected chi connectivity index (χ0v) is 12.4. The number of anilines is 1. The fourth-order valence-corrected chi connectivity index (χ4v) is 3.14. The van der Waals surface area contributed by atoms with Crippen LogP contribution in [0, 0.1) is 11.8 Å². The third-order valence-electron chi connectivity index (χ3n) is 3.91. The van der Waals surface area contributed by atoms with Gasteiger partial charge in [-0.2, -0.15) is 0 Å². The maximum absolute atomic E-state index is 12.4. The standard InChI is InChI=1S/C15H14ClNO5/c1-21-9-3-2-7(6-8(9)16)17-14(18)12-10-4-5-11(22-10)13(12)15(19)20/h2-6,10-13H,1H3,(H,17,18)(H,19,20)/t10-,11+,12+,13+/m1/s1. The first-order valence-corrected chi connectivity index (χ1v) is 7.10. The van der Waals surface area contributed by atoms with Crippen molar-refractivity contribution in [3.05, 3.63) is 35.4 Å². The molecule has 2 N–H and O–H groups in total. The van der Waals surface area contributed by atoms with Crippen LogP contribution in [0.3, 0.4) is 0 Å². The average Bonchev–Trinajstić information content (AvgIpc) is 3.07. The highest BCUT2D eigenvalue weighted by Crippen LogP contribution is 2.40. The third kappa shape index (κ3) is 2.44. The normalized spacial score (nSPS) is 28.6. The molecule has 4 atom stereocenters. The maximum Gasteiger partial charge on any atom is 0.310 e. The van der Waals surface area contributed by atoms with Crippen LogP contribution < -0.4 is 10.1 Å². The lowest BCUT2D eigenvalue weighted by atomic mass is 9.82. The molecule has 0 aromatic heterocycles. The van der Waals surface area contributed by atoms with E-state index in [4.69, 9.17) is 21.1 Å². The van der Waals surface area contributed by atoms with Gasteiger partial charge in [0.2, 0.25) is 5.91 Å². The van der Waals surface area contributed by atoms with Gasteiger partial charge in [-0.15, -0.1) is 0 Å². The van der Waals surface area contributed by atoms with Crippen LogP contribution in [0.25, 0.3) is 0 Å². The molecule has 2 heterocycles. The van der Waals surface area contributed by atoms with Gasteiger partial charge >= 0.3 is 5.97 Å². The second kappa shape index (κ2) is 5.62. The predicted molar refractivity (Wildman–Crippen MR) is 79.1 cm³/mol. The van der Waals surface area contributed by atoms with E-state index in [2.05, 4.69) is 5.32 Å². The molecule has 2 aliphatic heterocycles. The first-order chi connectivity index (χ1) is 10.5. The summed E-state index contributed by atoms with van der Waals surface area (Å²) in [6, 6.07) is 4.82. The predicted octanol–water partition coefficient (Wildman–Crippen LogP) is 1.94. The van der Waals surface area contributed by atoms with Crippen LogP contribution in [0.1, 0.15) is 0 Å². The van der Waals surface area contributed by atoms with Crippen molar-refractivity contribution in [1.29, 1.82) is 0 Å². The number of halogens is 1. The number of hydrogen-bond acceptors (Lipinski definition) is 4. The fraction of sp³-hybridized carbons (Fsp3) is 0.333. The number of amides is 1. The quantitative estimate of drug-likeness (QED) is 0.827. The monoisotopic (exact) mass is 323 g/mol. The van der Waals surface area contributed by atoms with Crippen molar-refractivity contribution in [1.82, 2.24) is 0 Å². The Labute approximate surface area is 131 Å². The molecule has 1 fully saturated rings. The van der Waals surface area contributed by atoms with Gasteiger partial charge in [-0.25, -0.2) is 0 Å². The molecule has 0 radical (unpaired) electrons. The summed E-state index contributed by atoms with van der Waals surface area (Å²) in [7, 11) is 1.50. The lowest BCUT2D eigenvalue weighted by Crippen LogP contribution is -2.39. The molecule has 6 nitrogen and oxygen atoms in total. The molecule has 1 aromatic rings. The molecule has 22 heavy (non-hydrogen) atoms. The Kier molecular flexibility index (Phi) is 3.80. The van der Waals surface area contributed by atoms with E-state index >= 15 is 0 Å². The van der Waals surface area contributed by atoms with Crippen molar-refractivity contribution in [2.75, 3.05) is 12.4 Å². The number of benzene rings is 1. The number of hydrogen-bond donors (Lipinski definition) is 2. The largest absolute Gasteiger partial charge is 0.495 e. The molecule has 0 spiro atoms. The van der Waals surface area contributed by atoms with Crippen molar-refractivity contribution in [3.8, 4) is 5.75 Å². The minimum absolute atomic E-state index is 0.360. The van der Waals surface area contributed by atoms with E-state index in [0.717, 1.165) is 0 Å². The number of rotatable bonds is 4. The van der Waals surface area contributed by atoms with Gasteiger partial charge in [0.15, 0.2) is 0 Å². The number of fused-ring (bicyclic) bond motifs is 2. The van der Waals surface area contributed by atoms with Crippen molar-refractivity contribution >= 4 is 29.2 Å². The molecule has 3 rings (SSSR count). The van der Waals surface area contributed by atoms with Crippen LogP contribution in [0.4, 0.5) is 5.69 Å². The SMILES string of the molecule is COc1ccc(NC(=O)[C@@H]2[C@@H](C(=O)O)[C@@H]3C=C[C@H]2O3)cc1Cl. The minimum atomic E-state index is -1.04. The summed E-state index contributed by atoms with van der Waals surface area (Å²) in [5.74, 6) is -2.57. The van der Waals surface area contributed by atoms with Crippen LogP contribution in [-0.2, 0) is 14.3 Å². The molecule has 0 unspecified atom stereocenters. The van der Waals surface area contributed by atoms with Gasteiger partial charge in [-0.1, -0.05) is 23.8 Å². The third-order valence-corrected chi connectivity index (χ3v) is 4.20. The number of nitrogens with one attached hydrogen (secondary N) is 1. The minimum Gasteiger partial charge on any atom is -0.495 e. The van der Waals surface area contributed by atoms with E-state index in [1.165, 1.54) is 7.11 Å². The number of ether oxygens (including phenoxy) is 2. The second-order valence-corrected chi connectivity index (χ2v) is 5.59. The number of carbonyl (C=O) groups excluding carboxylic acids is 1. The summed E-state index contributed by atoms with van der Waals surface area (Å²) >= 11 is 6.01. The molecular weight excluding hydrogens is 310 g/mol. The summed E-state index contributed by atoms with van der Waals surface area (Å²) in [6.45, 7) is 0. The van der Waals surface area contributed by atoms with E-state index in [1.54, 1.807) is 30.4 Å². The van der Waals surface area contributed by atoms with Gasteiger partial charge in [0.25, 0.3) is 0 Å². The Morgan fingerprint density at radius 1 is 1.27 bits per heavy atom. The number of carboxylic acids is 1. The van der Waals surface area contributed by atoms with Crippen LogP contribution in [0.5, 0.6) is 5.75 Å². The van der Waals surface area contributed by atoms with Crippen LogP contribution in [-0.4, -0.2) is 36.3 Å². The Morgan fingerprint density at radius 3 is 2.55 bits per heavy atom. The van der Waals surface area contributed by atoms with Crippen molar-refractivity contribution in [2.45, 2.75) is 12.2 Å². The summed E-state index contributed by atoms with van der Waals surface area (Å²) < 4.78 is 10.5. The topological polar surface area (TPSA) is 84.9 Å². The van der Waals surface area contributed by atoms with Crippen LogP contribution in [0.2, 0.25) is 5.02 Å². The molecule has 7 heteroatoms. The van der Waals surface area contributed by atoms with Gasteiger partial charge in [-0.3, -0.25) is 9.59 Å². The van der Waals surface area contributed by atoms with Crippen molar-refractivity contribution in [2.24, 2.45) is 11.8 Å². The lowest BCUT2D eigenvalue weighted by Gasteiger charge is -2.21. The zero-order chi connectivity index (χ0) is 15.9. The number of aliphatic carboxylic acids is 1. The van der Waals surface area contributed by atoms with Gasteiger partial charge in [0, 0.05) is 5.69 Å². The molecule has 116 valence electrons. The first kappa shape index (κ1) is 14.9. The summed E-state index contributed by atoms with van der Waals surface area (Å²) in [4.78, 5) is 23.8. The van der Waals surface area contributed by atoms with Crippen LogP contribution in [0.15, 0.2) is 30.4 Å². The van der Waals surface area contributed by atoms with Crippen LogP contribution >= 0.6 is 11.6 Å². The molecule has 0 aliphatic carbocycles. The highest BCUT2D eigenvalue weighted by molar-refractivity contribution is 6.32. The van der Waals surface area contributed by atoms with E-state index in [1.807, 2.05) is 0 Å². The number of carboxylic acid groups (broad SMARTS) is 1. The van der Waals surface area contributed by atoms with Gasteiger partial charge in [0.1, 0.15) is 11.7 Å². The Bertz CT molecular complexity index is 659.